The van der Waals surface area contributed by atoms with E-state index in [0.717, 1.165) is 17.2 Å². The van der Waals surface area contributed by atoms with Crippen LogP contribution in [0.5, 0.6) is 5.75 Å². The van der Waals surface area contributed by atoms with Gasteiger partial charge in [0, 0.05) is 12.6 Å². The first-order chi connectivity index (χ1) is 7.63. The van der Waals surface area contributed by atoms with Crippen molar-refractivity contribution < 1.29 is 4.74 Å². The van der Waals surface area contributed by atoms with Crippen molar-refractivity contribution in [2.45, 2.75) is 6.92 Å². The molecule has 1 aromatic heterocycles. The van der Waals surface area contributed by atoms with Crippen molar-refractivity contribution in [1.82, 2.24) is 14.8 Å². The van der Waals surface area contributed by atoms with Crippen molar-refractivity contribution >= 4 is 5.69 Å². The third-order valence-electron chi connectivity index (χ3n) is 2.58. The smallest absolute Gasteiger partial charge is 0.163 e. The standard InChI is InChI=1S/C11H14N4O/c1-7-13-14-11(15(7)2)8-4-5-9(12)10(6-8)16-3/h4-6H,12H2,1-3H3. The van der Waals surface area contributed by atoms with Gasteiger partial charge in [0.2, 0.25) is 0 Å². The van der Waals surface area contributed by atoms with Gasteiger partial charge in [0.05, 0.1) is 12.8 Å². The molecule has 0 aliphatic rings. The van der Waals surface area contributed by atoms with Crippen molar-refractivity contribution in [2.24, 2.45) is 7.05 Å². The molecule has 1 heterocycles. The lowest BCUT2D eigenvalue weighted by atomic mass is 10.2. The van der Waals surface area contributed by atoms with Crippen LogP contribution in [0, 0.1) is 6.92 Å². The number of ether oxygens (including phenoxy) is 1. The van der Waals surface area contributed by atoms with Gasteiger partial charge in [0.25, 0.3) is 0 Å². The predicted molar refractivity (Wildman–Crippen MR) is 62.1 cm³/mol. The number of methoxy groups -OCH3 is 1. The Morgan fingerprint density at radius 3 is 2.62 bits per heavy atom. The maximum atomic E-state index is 5.75. The summed E-state index contributed by atoms with van der Waals surface area (Å²) < 4.78 is 7.09. The Labute approximate surface area is 93.9 Å². The summed E-state index contributed by atoms with van der Waals surface area (Å²) in [5.41, 5.74) is 7.31. The van der Waals surface area contributed by atoms with Crippen LogP contribution in [0.25, 0.3) is 11.4 Å². The molecule has 0 radical (unpaired) electrons. The Bertz CT molecular complexity index is 519. The number of rotatable bonds is 2. The number of benzene rings is 1. The van der Waals surface area contributed by atoms with E-state index in [0.29, 0.717) is 11.4 Å². The highest BCUT2D eigenvalue weighted by Crippen LogP contribution is 2.27. The van der Waals surface area contributed by atoms with E-state index in [9.17, 15) is 0 Å². The fourth-order valence-electron chi connectivity index (χ4n) is 1.51. The second kappa shape index (κ2) is 3.84. The summed E-state index contributed by atoms with van der Waals surface area (Å²) in [6.07, 6.45) is 0. The number of hydrogen-bond acceptors (Lipinski definition) is 4. The minimum atomic E-state index is 0.616. The van der Waals surface area contributed by atoms with Crippen LogP contribution in [0.1, 0.15) is 5.82 Å². The van der Waals surface area contributed by atoms with E-state index >= 15 is 0 Å². The number of aryl methyl sites for hydroxylation is 1. The molecule has 0 bridgehead atoms. The zero-order valence-corrected chi connectivity index (χ0v) is 9.56. The van der Waals surface area contributed by atoms with E-state index in [4.69, 9.17) is 10.5 Å². The molecule has 0 saturated heterocycles. The maximum Gasteiger partial charge on any atom is 0.163 e. The second-order valence-electron chi connectivity index (χ2n) is 3.59. The van der Waals surface area contributed by atoms with Gasteiger partial charge in [-0.3, -0.25) is 0 Å². The lowest BCUT2D eigenvalue weighted by Gasteiger charge is -2.07. The first-order valence-corrected chi connectivity index (χ1v) is 4.93. The third-order valence-corrected chi connectivity index (χ3v) is 2.58. The van der Waals surface area contributed by atoms with Gasteiger partial charge in [-0.05, 0) is 25.1 Å². The molecule has 84 valence electrons. The number of nitrogens with zero attached hydrogens (tertiary/aromatic N) is 3. The number of nitrogens with two attached hydrogens (primary N) is 1. The zero-order chi connectivity index (χ0) is 11.7. The number of aromatic nitrogens is 3. The average molecular weight is 218 g/mol. The first-order valence-electron chi connectivity index (χ1n) is 4.93. The Hall–Kier alpha value is -2.04. The third kappa shape index (κ3) is 1.60. The topological polar surface area (TPSA) is 66.0 Å². The quantitative estimate of drug-likeness (QED) is 0.773. The van der Waals surface area contributed by atoms with Crippen LogP contribution >= 0.6 is 0 Å². The SMILES string of the molecule is COc1cc(-c2nnc(C)n2C)ccc1N. The van der Waals surface area contributed by atoms with Gasteiger partial charge in [-0.1, -0.05) is 0 Å². The van der Waals surface area contributed by atoms with Crippen LogP contribution in [0.3, 0.4) is 0 Å². The summed E-state index contributed by atoms with van der Waals surface area (Å²) in [5, 5.41) is 8.12. The average Bonchev–Trinajstić information content (AvgIpc) is 2.61. The van der Waals surface area contributed by atoms with E-state index in [2.05, 4.69) is 10.2 Å². The van der Waals surface area contributed by atoms with Crippen LogP contribution in [0.4, 0.5) is 5.69 Å². The Kier molecular flexibility index (Phi) is 2.52. The molecule has 16 heavy (non-hydrogen) atoms. The fourth-order valence-corrected chi connectivity index (χ4v) is 1.51. The van der Waals surface area contributed by atoms with Gasteiger partial charge in [0.1, 0.15) is 11.6 Å². The summed E-state index contributed by atoms with van der Waals surface area (Å²) in [6, 6.07) is 5.57. The van der Waals surface area contributed by atoms with Gasteiger partial charge in [-0.25, -0.2) is 0 Å². The van der Waals surface area contributed by atoms with E-state index in [1.165, 1.54) is 0 Å². The number of nitrogen functional groups attached to an aromatic ring is 1. The van der Waals surface area contributed by atoms with Gasteiger partial charge >= 0.3 is 0 Å². The number of hydrogen-bond donors (Lipinski definition) is 1. The van der Waals surface area contributed by atoms with Crippen molar-refractivity contribution in [3.8, 4) is 17.1 Å². The summed E-state index contributed by atoms with van der Waals surface area (Å²) in [6.45, 7) is 1.91. The Balaban J connectivity index is 2.52. The molecule has 2 aromatic rings. The molecule has 5 nitrogen and oxygen atoms in total. The highest BCUT2D eigenvalue weighted by atomic mass is 16.5. The number of anilines is 1. The van der Waals surface area contributed by atoms with Crippen LogP contribution < -0.4 is 10.5 Å². The molecule has 0 aliphatic heterocycles. The molecule has 0 aliphatic carbocycles. The minimum absolute atomic E-state index is 0.616. The molecule has 1 aromatic carbocycles. The molecular formula is C11H14N4O. The maximum absolute atomic E-state index is 5.75. The van der Waals surface area contributed by atoms with E-state index < -0.39 is 0 Å². The van der Waals surface area contributed by atoms with Crippen LogP contribution in [0.2, 0.25) is 0 Å². The summed E-state index contributed by atoms with van der Waals surface area (Å²) in [4.78, 5) is 0. The molecule has 0 unspecified atom stereocenters. The van der Waals surface area contributed by atoms with E-state index in [1.807, 2.05) is 30.7 Å². The highest BCUT2D eigenvalue weighted by molar-refractivity contribution is 5.65. The fraction of sp³-hybridized carbons (Fsp3) is 0.273. The van der Waals surface area contributed by atoms with Gasteiger partial charge in [-0.15, -0.1) is 10.2 Å². The van der Waals surface area contributed by atoms with Gasteiger partial charge in [-0.2, -0.15) is 0 Å². The molecule has 5 heteroatoms. The van der Waals surface area contributed by atoms with E-state index in [1.54, 1.807) is 13.2 Å². The molecule has 2 N–H and O–H groups in total. The Morgan fingerprint density at radius 2 is 2.06 bits per heavy atom. The molecule has 0 amide bonds. The molecule has 0 spiro atoms. The lowest BCUT2D eigenvalue weighted by Crippen LogP contribution is -1.97. The van der Waals surface area contributed by atoms with Gasteiger partial charge in [0.15, 0.2) is 5.82 Å². The molecule has 0 atom stereocenters. The molecular weight excluding hydrogens is 204 g/mol. The van der Waals surface area contributed by atoms with Crippen molar-refractivity contribution in [3.05, 3.63) is 24.0 Å². The van der Waals surface area contributed by atoms with E-state index in [-0.39, 0.29) is 0 Å². The monoisotopic (exact) mass is 218 g/mol. The molecule has 2 rings (SSSR count). The van der Waals surface area contributed by atoms with Crippen molar-refractivity contribution in [1.29, 1.82) is 0 Å². The minimum Gasteiger partial charge on any atom is -0.495 e. The first kappa shape index (κ1) is 10.5. The van der Waals surface area contributed by atoms with Crippen LogP contribution in [-0.4, -0.2) is 21.9 Å². The van der Waals surface area contributed by atoms with Crippen molar-refractivity contribution in [2.75, 3.05) is 12.8 Å². The van der Waals surface area contributed by atoms with Gasteiger partial charge < -0.3 is 15.0 Å². The van der Waals surface area contributed by atoms with Crippen molar-refractivity contribution in [3.63, 3.8) is 0 Å². The van der Waals surface area contributed by atoms with Crippen LogP contribution in [0.15, 0.2) is 18.2 Å². The normalized spacial score (nSPS) is 10.4. The largest absolute Gasteiger partial charge is 0.495 e. The molecule has 0 fully saturated rings. The highest BCUT2D eigenvalue weighted by Gasteiger charge is 2.09. The second-order valence-corrected chi connectivity index (χ2v) is 3.59. The zero-order valence-electron chi connectivity index (χ0n) is 9.56. The Morgan fingerprint density at radius 1 is 1.31 bits per heavy atom. The van der Waals surface area contributed by atoms with Crippen LogP contribution in [-0.2, 0) is 7.05 Å². The lowest BCUT2D eigenvalue weighted by molar-refractivity contribution is 0.417. The molecule has 0 saturated carbocycles. The summed E-state index contributed by atoms with van der Waals surface area (Å²) in [5.74, 6) is 2.32. The predicted octanol–water partition coefficient (Wildman–Crippen LogP) is 1.38. The summed E-state index contributed by atoms with van der Waals surface area (Å²) in [7, 11) is 3.52. The summed E-state index contributed by atoms with van der Waals surface area (Å²) >= 11 is 0.